The molecule has 0 aliphatic heterocycles. The van der Waals surface area contributed by atoms with Gasteiger partial charge >= 0.3 is 34.1 Å². The van der Waals surface area contributed by atoms with Crippen LogP contribution in [0.4, 0.5) is 0 Å². The monoisotopic (exact) mass is 366 g/mol. The summed E-state index contributed by atoms with van der Waals surface area (Å²) < 4.78 is 16.1. The van der Waals surface area contributed by atoms with Crippen molar-refractivity contribution in [2.75, 3.05) is 0 Å². The molecule has 0 heterocycles. The standard InChI is InChI=1S/CH4Cl2O6P2.2Cu/c2-1(3,10(4,5)6)11(7,8)9;;/h(H2,4,5,6)(H2,7,8,9);;/q;2*+2/p-4. The second-order valence-corrected chi connectivity index (χ2v) is 7.57. The Bertz CT molecular complexity index is 219. The van der Waals surface area contributed by atoms with Gasteiger partial charge in [-0.3, -0.25) is 0 Å². The summed E-state index contributed by atoms with van der Waals surface area (Å²) in [6.45, 7) is 0. The van der Waals surface area contributed by atoms with Crippen LogP contribution < -0.4 is 19.6 Å². The SMILES string of the molecule is O=P([O-])([O-])C(Cl)(Cl)P(=O)([O-])[O-].[Cu+2].[Cu+2]. The molecular weight excluding hydrogens is 368 g/mol. The van der Waals surface area contributed by atoms with Gasteiger partial charge in [0.25, 0.3) is 0 Å². The molecule has 12 heteroatoms. The van der Waals surface area contributed by atoms with E-state index in [1.54, 1.807) is 0 Å². The number of hydrogen-bond donors (Lipinski definition) is 0. The summed E-state index contributed by atoms with van der Waals surface area (Å²) in [6, 6.07) is 0. The van der Waals surface area contributed by atoms with Gasteiger partial charge in [-0.2, -0.15) is 0 Å². The van der Waals surface area contributed by atoms with Gasteiger partial charge in [-0.15, -0.1) is 0 Å². The van der Waals surface area contributed by atoms with E-state index in [0.717, 1.165) is 0 Å². The molecule has 0 fully saturated rings. The van der Waals surface area contributed by atoms with Crippen LogP contribution in [-0.2, 0) is 43.3 Å². The van der Waals surface area contributed by atoms with Crippen molar-refractivity contribution in [3.63, 3.8) is 0 Å². The Balaban J connectivity index is -0.000000500. The summed E-state index contributed by atoms with van der Waals surface area (Å²) in [7, 11) is -11.7. The molecule has 0 aromatic heterocycles. The fourth-order valence-electron chi connectivity index (χ4n) is 0.150. The summed E-state index contributed by atoms with van der Waals surface area (Å²) in [6.07, 6.45) is 0. The molecule has 0 aliphatic carbocycles. The Labute approximate surface area is 105 Å². The molecule has 0 aliphatic rings. The van der Waals surface area contributed by atoms with E-state index in [4.69, 9.17) is 0 Å². The topological polar surface area (TPSA) is 126 Å². The van der Waals surface area contributed by atoms with E-state index in [2.05, 4.69) is 23.2 Å². The number of hydrogen-bond acceptors (Lipinski definition) is 6. The van der Waals surface area contributed by atoms with E-state index in [9.17, 15) is 28.7 Å². The Hall–Kier alpha value is 1.92. The molecular formula is CCl2Cu2O6P2. The maximum absolute atomic E-state index is 9.94. The van der Waals surface area contributed by atoms with E-state index < -0.39 is 19.0 Å². The first-order valence-electron chi connectivity index (χ1n) is 1.92. The van der Waals surface area contributed by atoms with Crippen molar-refractivity contribution >= 4 is 38.4 Å². The predicted molar refractivity (Wildman–Crippen MR) is 29.7 cm³/mol. The number of rotatable bonds is 2. The van der Waals surface area contributed by atoms with Gasteiger partial charge in [0.2, 0.25) is 0 Å². The summed E-state index contributed by atoms with van der Waals surface area (Å²) in [4.78, 5) is 39.7. The van der Waals surface area contributed by atoms with Crippen molar-refractivity contribution < 1.29 is 62.8 Å². The quantitative estimate of drug-likeness (QED) is 0.312. The molecule has 86 valence electrons. The van der Waals surface area contributed by atoms with E-state index in [1.807, 2.05) is 0 Å². The summed E-state index contributed by atoms with van der Waals surface area (Å²) in [5, 5.41) is 0. The molecule has 0 atom stereocenters. The second-order valence-electron chi connectivity index (χ2n) is 1.50. The van der Waals surface area contributed by atoms with Crippen molar-refractivity contribution in [3.8, 4) is 0 Å². The summed E-state index contributed by atoms with van der Waals surface area (Å²) >= 11 is 8.96. The molecule has 6 nitrogen and oxygen atoms in total. The van der Waals surface area contributed by atoms with E-state index in [1.165, 1.54) is 0 Å². The fourth-order valence-corrected chi connectivity index (χ4v) is 1.35. The van der Waals surface area contributed by atoms with Crippen molar-refractivity contribution in [2.24, 2.45) is 0 Å². The Morgan fingerprint density at radius 2 is 1.00 bits per heavy atom. The maximum atomic E-state index is 9.94. The first-order valence-corrected chi connectivity index (χ1v) is 5.76. The van der Waals surface area contributed by atoms with Crippen molar-refractivity contribution in [1.29, 1.82) is 0 Å². The first kappa shape index (κ1) is 20.3. The smallest absolute Gasteiger partial charge is 0.808 e. The zero-order valence-corrected chi connectivity index (χ0v) is 10.4. The van der Waals surface area contributed by atoms with Crippen LogP contribution in [-0.4, -0.2) is 3.82 Å². The van der Waals surface area contributed by atoms with Crippen molar-refractivity contribution in [3.05, 3.63) is 0 Å². The maximum Gasteiger partial charge on any atom is 2.00 e. The fraction of sp³-hybridized carbons (Fsp3) is 1.00. The van der Waals surface area contributed by atoms with Crippen molar-refractivity contribution in [1.82, 2.24) is 0 Å². The first-order chi connectivity index (χ1) is 4.50. The molecule has 0 rings (SSSR count). The third kappa shape index (κ3) is 4.98. The van der Waals surface area contributed by atoms with Gasteiger partial charge in [0.1, 0.15) is 0 Å². The van der Waals surface area contributed by atoms with Gasteiger partial charge in [-0.1, -0.05) is 23.2 Å². The third-order valence-corrected chi connectivity index (χ3v) is 5.93. The van der Waals surface area contributed by atoms with Crippen LogP contribution in [0.2, 0.25) is 0 Å². The average Bonchev–Trinajstić information content (AvgIpc) is 1.58. The molecule has 0 saturated heterocycles. The molecule has 2 radical (unpaired) electrons. The summed E-state index contributed by atoms with van der Waals surface area (Å²) in [5.74, 6) is 0. The molecule has 0 aromatic carbocycles. The van der Waals surface area contributed by atoms with Crippen LogP contribution in [0.25, 0.3) is 0 Å². The molecule has 0 saturated carbocycles. The van der Waals surface area contributed by atoms with Crippen LogP contribution in [0.1, 0.15) is 0 Å². The largest absolute Gasteiger partial charge is 2.00 e. The van der Waals surface area contributed by atoms with Gasteiger partial charge in [-0.05, 0) is 15.2 Å². The zero-order valence-electron chi connectivity index (χ0n) is 5.20. The predicted octanol–water partition coefficient (Wildman–Crippen LogP) is -2.10. The van der Waals surface area contributed by atoms with Gasteiger partial charge in [0.05, 0.1) is 0 Å². The molecule has 0 bridgehead atoms. The van der Waals surface area contributed by atoms with Crippen molar-refractivity contribution in [2.45, 2.75) is 3.82 Å². The van der Waals surface area contributed by atoms with Crippen LogP contribution >= 0.6 is 38.4 Å². The van der Waals surface area contributed by atoms with Crippen LogP contribution in [0.3, 0.4) is 0 Å². The van der Waals surface area contributed by atoms with Gasteiger partial charge < -0.3 is 28.7 Å². The van der Waals surface area contributed by atoms with E-state index in [-0.39, 0.29) is 34.1 Å². The Morgan fingerprint density at radius 1 is 0.846 bits per heavy atom. The molecule has 0 amide bonds. The molecule has 13 heavy (non-hydrogen) atoms. The van der Waals surface area contributed by atoms with Gasteiger partial charge in [0, 0.05) is 0 Å². The number of halogens is 2. The molecule has 0 unspecified atom stereocenters. The van der Waals surface area contributed by atoms with E-state index in [0.29, 0.717) is 0 Å². The van der Waals surface area contributed by atoms with Gasteiger partial charge in [-0.25, -0.2) is 0 Å². The normalized spacial score (nSPS) is 12.8. The zero-order chi connectivity index (χ0) is 9.50. The molecule has 0 aromatic rings. The Morgan fingerprint density at radius 3 is 1.00 bits per heavy atom. The molecule has 0 spiro atoms. The minimum atomic E-state index is -5.85. The van der Waals surface area contributed by atoms with Gasteiger partial charge in [0.15, 0.2) is 3.82 Å². The second kappa shape index (κ2) is 5.86. The number of alkyl halides is 2. The minimum Gasteiger partial charge on any atom is -0.808 e. The van der Waals surface area contributed by atoms with Crippen LogP contribution in [0.15, 0.2) is 0 Å². The van der Waals surface area contributed by atoms with Crippen LogP contribution in [0, 0.1) is 0 Å². The average molecular weight is 368 g/mol. The summed E-state index contributed by atoms with van der Waals surface area (Å²) in [5.41, 5.74) is 0. The molecule has 0 N–H and O–H groups in total. The van der Waals surface area contributed by atoms with E-state index >= 15 is 0 Å². The minimum absolute atomic E-state index is 0. The Kier molecular flexibility index (Phi) is 9.16. The van der Waals surface area contributed by atoms with Crippen LogP contribution in [0.5, 0.6) is 0 Å². The third-order valence-electron chi connectivity index (χ3n) is 0.659.